The van der Waals surface area contributed by atoms with Crippen molar-refractivity contribution in [3.63, 3.8) is 0 Å². The van der Waals surface area contributed by atoms with Crippen molar-refractivity contribution in [1.82, 2.24) is 0 Å². The summed E-state index contributed by atoms with van der Waals surface area (Å²) in [6, 6.07) is 39.3. The third-order valence-corrected chi connectivity index (χ3v) is 9.65. The monoisotopic (exact) mass is 634 g/mol. The fourth-order valence-electron chi connectivity index (χ4n) is 5.00. The van der Waals surface area contributed by atoms with Crippen LogP contribution in [0.25, 0.3) is 0 Å². The smallest absolute Gasteiger partial charge is 0.201 e. The largest absolute Gasteiger partial charge is 0.374 e. The van der Waals surface area contributed by atoms with Gasteiger partial charge in [-0.15, -0.1) is 0 Å². The van der Waals surface area contributed by atoms with Crippen LogP contribution in [0.5, 0.6) is 0 Å². The first-order chi connectivity index (χ1) is 21.4. The summed E-state index contributed by atoms with van der Waals surface area (Å²) in [6.45, 7) is 1.40. The minimum Gasteiger partial charge on any atom is -0.374 e. The van der Waals surface area contributed by atoms with Crippen LogP contribution in [0, 0.1) is 0 Å². The van der Waals surface area contributed by atoms with Crippen LogP contribution in [0.1, 0.15) is 22.3 Å². The predicted octanol–water partition coefficient (Wildman–Crippen LogP) is 6.38. The van der Waals surface area contributed by atoms with E-state index in [0.717, 1.165) is 33.0 Å². The van der Waals surface area contributed by atoms with Crippen LogP contribution in [0.2, 0.25) is 0 Å². The average Bonchev–Trinajstić information content (AvgIpc) is 3.04. The highest BCUT2D eigenvalue weighted by atomic mass is 33.1. The Morgan fingerprint density at radius 2 is 0.955 bits per heavy atom. The van der Waals surface area contributed by atoms with Gasteiger partial charge in [0.1, 0.15) is 29.9 Å². The Kier molecular flexibility index (Phi) is 12.0. The molecule has 1 aliphatic rings. The number of ether oxygens (including phenoxy) is 5. The van der Waals surface area contributed by atoms with E-state index in [4.69, 9.17) is 23.7 Å². The van der Waals surface area contributed by atoms with Crippen molar-refractivity contribution in [2.45, 2.75) is 56.3 Å². The summed E-state index contributed by atoms with van der Waals surface area (Å²) in [7, 11) is -2.78. The standard InChI is InChI=1S/C35H38O7S2/c1-44(36,37)43-35-34(41-25-30-20-12-5-13-21-30)33(40-24-29-18-10-4-11-19-29)32(39-23-28-16-8-3-9-17-28)31(42-35)26-38-22-27-14-6-2-7-15-27/h2-21,31-35H,22-26H2,1H3/t31-,32-,33+,34-,35-/m1/s1. The lowest BCUT2D eigenvalue weighted by Gasteiger charge is -2.45. The fourth-order valence-corrected chi connectivity index (χ4v) is 7.37. The molecule has 9 heteroatoms. The molecule has 0 spiro atoms. The van der Waals surface area contributed by atoms with Crippen LogP contribution in [-0.2, 0) is 59.0 Å². The van der Waals surface area contributed by atoms with Crippen molar-refractivity contribution in [2.75, 3.05) is 12.9 Å². The minimum absolute atomic E-state index is 0.172. The van der Waals surface area contributed by atoms with E-state index < -0.39 is 38.7 Å². The Balaban J connectivity index is 1.45. The molecule has 0 aliphatic carbocycles. The molecule has 0 aromatic heterocycles. The molecule has 1 aliphatic heterocycles. The van der Waals surface area contributed by atoms with Crippen LogP contribution in [0.15, 0.2) is 121 Å². The van der Waals surface area contributed by atoms with Gasteiger partial charge >= 0.3 is 0 Å². The van der Waals surface area contributed by atoms with E-state index in [9.17, 15) is 8.42 Å². The molecule has 5 rings (SSSR count). The Hall–Kier alpha value is -3.02. The molecule has 4 aromatic carbocycles. The van der Waals surface area contributed by atoms with Crippen LogP contribution >= 0.6 is 10.8 Å². The molecule has 0 radical (unpaired) electrons. The van der Waals surface area contributed by atoms with Gasteiger partial charge < -0.3 is 23.7 Å². The number of rotatable bonds is 15. The molecule has 7 nitrogen and oxygen atoms in total. The summed E-state index contributed by atoms with van der Waals surface area (Å²) in [6.07, 6.45) is -1.50. The molecule has 0 unspecified atom stereocenters. The van der Waals surface area contributed by atoms with Gasteiger partial charge in [0.2, 0.25) is 8.87 Å². The summed E-state index contributed by atoms with van der Waals surface area (Å²) < 4.78 is 57.6. The first-order valence-electron chi connectivity index (χ1n) is 14.6. The van der Waals surface area contributed by atoms with E-state index in [2.05, 4.69) is 0 Å². The van der Waals surface area contributed by atoms with Gasteiger partial charge in [0.05, 0.1) is 33.0 Å². The number of hydrogen-bond donors (Lipinski definition) is 0. The van der Waals surface area contributed by atoms with Gasteiger partial charge in [0.15, 0.2) is 0 Å². The summed E-state index contributed by atoms with van der Waals surface area (Å²) in [5.74, 6) is 0. The van der Waals surface area contributed by atoms with Crippen LogP contribution < -0.4 is 0 Å². The highest BCUT2D eigenvalue weighted by Gasteiger charge is 2.49. The first kappa shape index (κ1) is 32.4. The number of benzene rings is 4. The van der Waals surface area contributed by atoms with E-state index in [1.807, 2.05) is 121 Å². The first-order valence-corrected chi connectivity index (χ1v) is 17.9. The second kappa shape index (κ2) is 16.3. The van der Waals surface area contributed by atoms with E-state index in [1.165, 1.54) is 6.26 Å². The number of hydrogen-bond acceptors (Lipinski definition) is 8. The van der Waals surface area contributed by atoms with Gasteiger partial charge in [0, 0.05) is 17.0 Å². The maximum Gasteiger partial charge on any atom is 0.201 e. The maximum atomic E-state index is 12.6. The normalized spacial score (nSPS) is 22.1. The maximum absolute atomic E-state index is 12.6. The molecule has 1 saturated heterocycles. The van der Waals surface area contributed by atoms with Crippen molar-refractivity contribution in [3.05, 3.63) is 144 Å². The van der Waals surface area contributed by atoms with E-state index >= 15 is 0 Å². The second-order valence-corrected chi connectivity index (χ2v) is 15.1. The highest BCUT2D eigenvalue weighted by molar-refractivity contribution is 8.72. The zero-order chi connectivity index (χ0) is 30.6. The Bertz CT molecular complexity index is 1490. The van der Waals surface area contributed by atoms with Crippen molar-refractivity contribution in [2.24, 2.45) is 0 Å². The average molecular weight is 635 g/mol. The summed E-state index contributed by atoms with van der Waals surface area (Å²) in [5.41, 5.74) is 3.07. The van der Waals surface area contributed by atoms with Gasteiger partial charge in [0.25, 0.3) is 0 Å². The lowest BCUT2D eigenvalue weighted by molar-refractivity contribution is -0.254. The third kappa shape index (κ3) is 10.0. The molecular weight excluding hydrogens is 597 g/mol. The zero-order valence-corrected chi connectivity index (χ0v) is 26.3. The lowest BCUT2D eigenvalue weighted by Crippen LogP contribution is -2.60. The summed E-state index contributed by atoms with van der Waals surface area (Å²) >= 11 is 0. The van der Waals surface area contributed by atoms with Gasteiger partial charge in [-0.05, 0) is 22.3 Å². The van der Waals surface area contributed by atoms with Crippen molar-refractivity contribution < 1.29 is 32.1 Å². The zero-order valence-electron chi connectivity index (χ0n) is 24.6. The Labute approximate surface area is 263 Å². The van der Waals surface area contributed by atoms with E-state index in [0.29, 0.717) is 13.2 Å². The Morgan fingerprint density at radius 1 is 0.568 bits per heavy atom. The van der Waals surface area contributed by atoms with Crippen molar-refractivity contribution in [3.8, 4) is 0 Å². The highest BCUT2D eigenvalue weighted by Crippen LogP contribution is 2.37. The molecule has 4 aromatic rings. The summed E-state index contributed by atoms with van der Waals surface area (Å²) in [4.78, 5) is 0. The molecule has 1 heterocycles. The third-order valence-electron chi connectivity index (χ3n) is 7.11. The second-order valence-electron chi connectivity index (χ2n) is 10.6. The topological polar surface area (TPSA) is 80.3 Å². The molecule has 232 valence electrons. The van der Waals surface area contributed by atoms with Crippen LogP contribution in [0.3, 0.4) is 0 Å². The van der Waals surface area contributed by atoms with Gasteiger partial charge in [-0.2, -0.15) is 0 Å². The minimum atomic E-state index is -3.52. The Morgan fingerprint density at radius 3 is 1.39 bits per heavy atom. The lowest BCUT2D eigenvalue weighted by atomic mass is 9.98. The van der Waals surface area contributed by atoms with Gasteiger partial charge in [-0.3, -0.25) is 0 Å². The van der Waals surface area contributed by atoms with Crippen LogP contribution in [-0.4, -0.2) is 51.1 Å². The predicted molar refractivity (Wildman–Crippen MR) is 172 cm³/mol. The summed E-state index contributed by atoms with van der Waals surface area (Å²) in [5, 5.41) is 0. The molecule has 0 saturated carbocycles. The fraction of sp³-hybridized carbons (Fsp3) is 0.314. The molecule has 0 bridgehead atoms. The molecule has 0 N–H and O–H groups in total. The van der Waals surface area contributed by atoms with E-state index in [1.54, 1.807) is 0 Å². The quantitative estimate of drug-likeness (QED) is 0.140. The SMILES string of the molecule is CS(=O)(=O)S[C@H]1O[C@H](COCc2ccccc2)[C@@H](OCc2ccccc2)[C@H](OCc2ccccc2)[C@H]1OCc1ccccc1. The molecule has 0 amide bonds. The van der Waals surface area contributed by atoms with Crippen molar-refractivity contribution >= 4 is 19.7 Å². The molecule has 44 heavy (non-hydrogen) atoms. The van der Waals surface area contributed by atoms with E-state index in [-0.39, 0.29) is 19.8 Å². The van der Waals surface area contributed by atoms with Gasteiger partial charge in [-0.1, -0.05) is 121 Å². The molecule has 5 atom stereocenters. The van der Waals surface area contributed by atoms with Crippen LogP contribution in [0.4, 0.5) is 0 Å². The molecule has 1 fully saturated rings. The van der Waals surface area contributed by atoms with Gasteiger partial charge in [-0.25, -0.2) is 8.42 Å². The van der Waals surface area contributed by atoms with Crippen molar-refractivity contribution in [1.29, 1.82) is 0 Å². The molecular formula is C35H38O7S2.